The van der Waals surface area contributed by atoms with Crippen LogP contribution in [-0.4, -0.2) is 50.8 Å². The Morgan fingerprint density at radius 2 is 2.16 bits per heavy atom. The van der Waals surface area contributed by atoms with Gasteiger partial charge in [0.25, 0.3) is 0 Å². The Hall–Kier alpha value is -1.32. The van der Waals surface area contributed by atoms with Crippen molar-refractivity contribution in [3.63, 3.8) is 0 Å². The smallest absolute Gasteiger partial charge is 0.407 e. The highest BCUT2D eigenvalue weighted by Gasteiger charge is 2.32. The average molecular weight is 409 g/mol. The molecule has 1 aromatic carbocycles. The van der Waals surface area contributed by atoms with Gasteiger partial charge >= 0.3 is 6.09 Å². The minimum absolute atomic E-state index is 0.0109. The van der Waals surface area contributed by atoms with Crippen LogP contribution in [0.3, 0.4) is 0 Å². The van der Waals surface area contributed by atoms with Gasteiger partial charge in [0.05, 0.1) is 22.8 Å². The molecule has 2 atom stereocenters. The fraction of sp³-hybridized carbons (Fsp3) is 0.400. The number of hydrogen-bond donors (Lipinski definition) is 2. The van der Waals surface area contributed by atoms with Crippen LogP contribution >= 0.6 is 23.2 Å². The Balaban J connectivity index is 2.30. The summed E-state index contributed by atoms with van der Waals surface area (Å²) in [7, 11) is -3.64. The van der Waals surface area contributed by atoms with Crippen molar-refractivity contribution in [1.82, 2.24) is 9.62 Å². The lowest BCUT2D eigenvalue weighted by molar-refractivity contribution is 0.0322. The molecule has 7 nitrogen and oxygen atoms in total. The molecule has 1 saturated heterocycles. The van der Waals surface area contributed by atoms with E-state index in [1.807, 2.05) is 0 Å². The highest BCUT2D eigenvalue weighted by Crippen LogP contribution is 2.33. The second kappa shape index (κ2) is 8.37. The largest absolute Gasteiger partial charge is 0.465 e. The summed E-state index contributed by atoms with van der Waals surface area (Å²) in [5, 5.41) is 10.8. The van der Waals surface area contributed by atoms with Crippen molar-refractivity contribution >= 4 is 39.3 Å². The number of hydrogen-bond acceptors (Lipinski definition) is 4. The van der Waals surface area contributed by atoms with E-state index < -0.39 is 28.1 Å². The van der Waals surface area contributed by atoms with Crippen LogP contribution in [0.5, 0.6) is 0 Å². The topological polar surface area (TPSA) is 95.9 Å². The van der Waals surface area contributed by atoms with Crippen LogP contribution in [0.1, 0.15) is 11.7 Å². The zero-order chi connectivity index (χ0) is 18.6. The molecule has 10 heteroatoms. The molecule has 1 aliphatic heterocycles. The van der Waals surface area contributed by atoms with Crippen molar-refractivity contribution in [1.29, 1.82) is 0 Å². The van der Waals surface area contributed by atoms with Crippen molar-refractivity contribution < 1.29 is 23.1 Å². The van der Waals surface area contributed by atoms with Crippen LogP contribution in [0.25, 0.3) is 0 Å². The zero-order valence-electron chi connectivity index (χ0n) is 13.2. The standard InChI is InChI=1S/C15H18Cl2N2O5S/c1-2-25(22,23)18-8-11-9-19(15(20)21)5-6-24-14(11)10-3-4-12(16)13(17)7-10/h2-4,7,11,14,18H,1,5-6,8-9H2,(H,20,21)/t11-,14+/m1/s1. The first-order valence-corrected chi connectivity index (χ1v) is 9.70. The number of carboxylic acid groups (broad SMARTS) is 1. The third-order valence-electron chi connectivity index (χ3n) is 3.85. The van der Waals surface area contributed by atoms with Gasteiger partial charge in [0.15, 0.2) is 0 Å². The van der Waals surface area contributed by atoms with E-state index in [2.05, 4.69) is 11.3 Å². The fourth-order valence-corrected chi connectivity index (χ4v) is 3.45. The maximum Gasteiger partial charge on any atom is 0.407 e. The third-order valence-corrected chi connectivity index (χ3v) is 5.60. The molecule has 2 N–H and O–H groups in total. The molecule has 1 heterocycles. The Kier molecular flexibility index (Phi) is 6.70. The van der Waals surface area contributed by atoms with E-state index in [9.17, 15) is 18.3 Å². The maximum absolute atomic E-state index is 11.6. The molecule has 1 aliphatic rings. The number of halogens is 2. The van der Waals surface area contributed by atoms with Crippen molar-refractivity contribution in [2.24, 2.45) is 5.92 Å². The van der Waals surface area contributed by atoms with Crippen molar-refractivity contribution in [2.45, 2.75) is 6.10 Å². The molecule has 1 aromatic rings. The van der Waals surface area contributed by atoms with Crippen molar-refractivity contribution in [3.8, 4) is 0 Å². The first-order valence-electron chi connectivity index (χ1n) is 7.40. The zero-order valence-corrected chi connectivity index (χ0v) is 15.5. The molecule has 0 unspecified atom stereocenters. The normalized spacial score (nSPS) is 21.6. The summed E-state index contributed by atoms with van der Waals surface area (Å²) in [6.45, 7) is 3.71. The Morgan fingerprint density at radius 1 is 1.44 bits per heavy atom. The summed E-state index contributed by atoms with van der Waals surface area (Å²) in [4.78, 5) is 12.5. The number of rotatable bonds is 5. The van der Waals surface area contributed by atoms with E-state index in [1.165, 1.54) is 4.90 Å². The summed E-state index contributed by atoms with van der Waals surface area (Å²) in [6, 6.07) is 4.98. The molecule has 0 bridgehead atoms. The first kappa shape index (κ1) is 20.0. The summed E-state index contributed by atoms with van der Waals surface area (Å²) >= 11 is 12.0. The molecule has 0 radical (unpaired) electrons. The average Bonchev–Trinajstić information content (AvgIpc) is 2.78. The third kappa shape index (κ3) is 5.32. The number of ether oxygens (including phenoxy) is 1. The molecule has 0 spiro atoms. The summed E-state index contributed by atoms with van der Waals surface area (Å²) in [5.41, 5.74) is 0.699. The Morgan fingerprint density at radius 3 is 2.76 bits per heavy atom. The number of carbonyl (C=O) groups is 1. The van der Waals surface area contributed by atoms with E-state index in [-0.39, 0.29) is 26.2 Å². The van der Waals surface area contributed by atoms with Crippen LogP contribution in [0.4, 0.5) is 4.79 Å². The molecular weight excluding hydrogens is 391 g/mol. The van der Waals surface area contributed by atoms with Gasteiger partial charge in [-0.1, -0.05) is 35.8 Å². The van der Waals surface area contributed by atoms with Gasteiger partial charge in [-0.2, -0.15) is 0 Å². The predicted molar refractivity (Wildman–Crippen MR) is 95.4 cm³/mol. The lowest BCUT2D eigenvalue weighted by atomic mass is 9.95. The molecule has 0 aromatic heterocycles. The number of amides is 1. The van der Waals surface area contributed by atoms with Gasteiger partial charge in [0.1, 0.15) is 0 Å². The van der Waals surface area contributed by atoms with E-state index in [4.69, 9.17) is 27.9 Å². The molecule has 138 valence electrons. The second-order valence-corrected chi connectivity index (χ2v) is 8.04. The monoisotopic (exact) mass is 408 g/mol. The van der Waals surface area contributed by atoms with Crippen LogP contribution in [-0.2, 0) is 14.8 Å². The maximum atomic E-state index is 11.6. The number of benzene rings is 1. The van der Waals surface area contributed by atoms with E-state index in [0.717, 1.165) is 5.41 Å². The highest BCUT2D eigenvalue weighted by atomic mass is 35.5. The molecule has 0 saturated carbocycles. The highest BCUT2D eigenvalue weighted by molar-refractivity contribution is 7.92. The molecule has 25 heavy (non-hydrogen) atoms. The van der Waals surface area contributed by atoms with Crippen LogP contribution in [0, 0.1) is 5.92 Å². The quantitative estimate of drug-likeness (QED) is 0.780. The van der Waals surface area contributed by atoms with Crippen molar-refractivity contribution in [2.75, 3.05) is 26.2 Å². The van der Waals surface area contributed by atoms with Crippen LogP contribution < -0.4 is 4.72 Å². The lowest BCUT2D eigenvalue weighted by Gasteiger charge is -2.27. The molecule has 1 fully saturated rings. The summed E-state index contributed by atoms with van der Waals surface area (Å²) < 4.78 is 31.5. The summed E-state index contributed by atoms with van der Waals surface area (Å²) in [6.07, 6.45) is -1.62. The first-order chi connectivity index (χ1) is 11.7. The molecule has 2 rings (SSSR count). The number of sulfonamides is 1. The van der Waals surface area contributed by atoms with Gasteiger partial charge in [-0.25, -0.2) is 17.9 Å². The van der Waals surface area contributed by atoms with Gasteiger partial charge in [0, 0.05) is 31.0 Å². The molecule has 0 aliphatic carbocycles. The van der Waals surface area contributed by atoms with Gasteiger partial charge in [-0.3, -0.25) is 0 Å². The minimum Gasteiger partial charge on any atom is -0.465 e. The van der Waals surface area contributed by atoms with E-state index in [0.29, 0.717) is 15.6 Å². The van der Waals surface area contributed by atoms with Gasteiger partial charge in [-0.15, -0.1) is 0 Å². The van der Waals surface area contributed by atoms with Gasteiger partial charge in [-0.05, 0) is 17.7 Å². The van der Waals surface area contributed by atoms with Gasteiger partial charge in [0.2, 0.25) is 10.0 Å². The van der Waals surface area contributed by atoms with Crippen molar-refractivity contribution in [3.05, 3.63) is 45.8 Å². The Labute approximate surface area is 156 Å². The Bertz CT molecular complexity index is 756. The minimum atomic E-state index is -3.64. The molecular formula is C15H18Cl2N2O5S. The second-order valence-electron chi connectivity index (χ2n) is 5.51. The fourth-order valence-electron chi connectivity index (χ4n) is 2.58. The van der Waals surface area contributed by atoms with E-state index >= 15 is 0 Å². The molecule has 1 amide bonds. The van der Waals surface area contributed by atoms with Gasteiger partial charge < -0.3 is 14.7 Å². The lowest BCUT2D eigenvalue weighted by Crippen LogP contribution is -2.39. The summed E-state index contributed by atoms with van der Waals surface area (Å²) in [5.74, 6) is -0.453. The van der Waals surface area contributed by atoms with E-state index in [1.54, 1.807) is 18.2 Å². The SMILES string of the molecule is C=CS(=O)(=O)NC[C@@H]1CN(C(=O)O)CCO[C@H]1c1ccc(Cl)c(Cl)c1. The van der Waals surface area contributed by atoms with Crippen LogP contribution in [0.2, 0.25) is 10.0 Å². The number of nitrogens with zero attached hydrogens (tertiary/aromatic N) is 1. The predicted octanol–water partition coefficient (Wildman–Crippen LogP) is 2.72. The van der Waals surface area contributed by atoms with Crippen LogP contribution in [0.15, 0.2) is 30.2 Å². The number of nitrogens with one attached hydrogen (secondary N) is 1.